The zero-order valence-electron chi connectivity index (χ0n) is 12.0. The zero-order valence-corrected chi connectivity index (χ0v) is 12.0. The maximum Gasteiger partial charge on any atom is 0.153 e. The van der Waals surface area contributed by atoms with Crippen molar-refractivity contribution in [3.8, 4) is 11.5 Å². The normalized spacial score (nSPS) is 11.7. The second-order valence-corrected chi connectivity index (χ2v) is 4.74. The predicted octanol–water partition coefficient (Wildman–Crippen LogP) is 1.81. The van der Waals surface area contributed by atoms with E-state index in [0.717, 1.165) is 5.56 Å². The van der Waals surface area contributed by atoms with Crippen molar-refractivity contribution in [2.75, 3.05) is 13.2 Å². The molecule has 2 N–H and O–H groups in total. The van der Waals surface area contributed by atoms with E-state index in [0.29, 0.717) is 30.0 Å². The number of aldehydes is 1. The summed E-state index contributed by atoms with van der Waals surface area (Å²) in [6.07, 6.45) is -0.260. The molecule has 0 unspecified atom stereocenters. The van der Waals surface area contributed by atoms with Gasteiger partial charge in [0.15, 0.2) is 6.29 Å². The molecule has 0 bridgehead atoms. The second kappa shape index (κ2) is 8.17. The van der Waals surface area contributed by atoms with Gasteiger partial charge < -0.3 is 19.7 Å². The van der Waals surface area contributed by atoms with E-state index in [1.54, 1.807) is 12.1 Å². The molecule has 2 aromatic carbocycles. The molecule has 2 aromatic rings. The van der Waals surface area contributed by atoms with Gasteiger partial charge in [-0.2, -0.15) is 0 Å². The molecule has 0 spiro atoms. The molecule has 5 heteroatoms. The van der Waals surface area contributed by atoms with Gasteiger partial charge in [-0.1, -0.05) is 30.3 Å². The lowest BCUT2D eigenvalue weighted by Gasteiger charge is -2.12. The molecule has 0 heterocycles. The minimum Gasteiger partial charge on any atom is -0.491 e. The van der Waals surface area contributed by atoms with Gasteiger partial charge in [0.2, 0.25) is 0 Å². The Morgan fingerprint density at radius 3 is 2.55 bits per heavy atom. The number of carbonyl (C=O) groups excluding carboxylic acids is 1. The average Bonchev–Trinajstić information content (AvgIpc) is 2.58. The van der Waals surface area contributed by atoms with E-state index in [2.05, 4.69) is 0 Å². The van der Waals surface area contributed by atoms with Gasteiger partial charge >= 0.3 is 0 Å². The summed E-state index contributed by atoms with van der Waals surface area (Å²) >= 11 is 0. The maximum absolute atomic E-state index is 11.2. The quantitative estimate of drug-likeness (QED) is 0.727. The van der Waals surface area contributed by atoms with Crippen LogP contribution in [0.5, 0.6) is 11.5 Å². The van der Waals surface area contributed by atoms with Crippen LogP contribution in [-0.2, 0) is 6.61 Å². The Balaban J connectivity index is 2.01. The lowest BCUT2D eigenvalue weighted by molar-refractivity contribution is 0.0535. The van der Waals surface area contributed by atoms with Crippen LogP contribution in [0.25, 0.3) is 0 Å². The molecule has 5 nitrogen and oxygen atoms in total. The van der Waals surface area contributed by atoms with Crippen molar-refractivity contribution in [3.05, 3.63) is 59.7 Å². The number of ether oxygens (including phenoxy) is 2. The molecule has 22 heavy (non-hydrogen) atoms. The highest BCUT2D eigenvalue weighted by Crippen LogP contribution is 2.24. The largest absolute Gasteiger partial charge is 0.491 e. The Hall–Kier alpha value is -2.37. The van der Waals surface area contributed by atoms with E-state index in [9.17, 15) is 9.90 Å². The van der Waals surface area contributed by atoms with E-state index < -0.39 is 6.10 Å². The number of hydrogen-bond acceptors (Lipinski definition) is 5. The molecular weight excluding hydrogens is 284 g/mol. The van der Waals surface area contributed by atoms with Crippen LogP contribution in [0.2, 0.25) is 0 Å². The molecule has 0 aliphatic heterocycles. The van der Waals surface area contributed by atoms with Gasteiger partial charge in [0.05, 0.1) is 12.2 Å². The van der Waals surface area contributed by atoms with Crippen LogP contribution in [-0.4, -0.2) is 35.8 Å². The van der Waals surface area contributed by atoms with E-state index >= 15 is 0 Å². The monoisotopic (exact) mass is 302 g/mol. The molecule has 1 atom stereocenters. The molecule has 0 amide bonds. The summed E-state index contributed by atoms with van der Waals surface area (Å²) in [7, 11) is 0. The van der Waals surface area contributed by atoms with Crippen molar-refractivity contribution in [3.63, 3.8) is 0 Å². The topological polar surface area (TPSA) is 76.0 Å². The van der Waals surface area contributed by atoms with Gasteiger partial charge in [-0.15, -0.1) is 0 Å². The summed E-state index contributed by atoms with van der Waals surface area (Å²) in [5, 5.41) is 18.0. The van der Waals surface area contributed by atoms with Gasteiger partial charge in [0.1, 0.15) is 30.8 Å². The first kappa shape index (κ1) is 16.0. The molecule has 0 saturated carbocycles. The molecule has 0 saturated heterocycles. The van der Waals surface area contributed by atoms with Crippen molar-refractivity contribution in [1.29, 1.82) is 0 Å². The van der Waals surface area contributed by atoms with Crippen LogP contribution in [0.15, 0.2) is 48.5 Å². The Kier molecular flexibility index (Phi) is 5.94. The highest BCUT2D eigenvalue weighted by Gasteiger charge is 2.08. The third-order valence-corrected chi connectivity index (χ3v) is 3.00. The summed E-state index contributed by atoms with van der Waals surface area (Å²) in [6, 6.07) is 14.5. The van der Waals surface area contributed by atoms with Crippen molar-refractivity contribution in [1.82, 2.24) is 0 Å². The third kappa shape index (κ3) is 4.58. The minimum atomic E-state index is -0.950. The van der Waals surface area contributed by atoms with Gasteiger partial charge in [-0.25, -0.2) is 0 Å². The summed E-state index contributed by atoms with van der Waals surface area (Å²) in [5.74, 6) is 0.899. The SMILES string of the molecule is O=Cc1cc(OC[C@@H](O)CO)ccc1OCc1ccccc1. The fraction of sp³-hybridized carbons (Fsp3) is 0.235. The van der Waals surface area contributed by atoms with Crippen molar-refractivity contribution in [2.24, 2.45) is 0 Å². The van der Waals surface area contributed by atoms with Crippen molar-refractivity contribution >= 4 is 6.29 Å². The summed E-state index contributed by atoms with van der Waals surface area (Å²) < 4.78 is 10.9. The highest BCUT2D eigenvalue weighted by molar-refractivity contribution is 5.80. The highest BCUT2D eigenvalue weighted by atomic mass is 16.5. The van der Waals surface area contributed by atoms with E-state index in [1.807, 2.05) is 30.3 Å². The Labute approximate surface area is 128 Å². The predicted molar refractivity (Wildman–Crippen MR) is 81.2 cm³/mol. The molecule has 0 aromatic heterocycles. The molecule has 2 rings (SSSR count). The molecule has 0 aliphatic carbocycles. The van der Waals surface area contributed by atoms with Gasteiger partial charge in [0.25, 0.3) is 0 Å². The van der Waals surface area contributed by atoms with Crippen LogP contribution in [0.3, 0.4) is 0 Å². The Bertz CT molecular complexity index is 597. The Morgan fingerprint density at radius 2 is 1.86 bits per heavy atom. The minimum absolute atomic E-state index is 0.0426. The molecular formula is C17H18O5. The van der Waals surface area contributed by atoms with Crippen molar-refractivity contribution in [2.45, 2.75) is 12.7 Å². The van der Waals surface area contributed by atoms with E-state index in [-0.39, 0.29) is 13.2 Å². The third-order valence-electron chi connectivity index (χ3n) is 3.00. The first-order valence-corrected chi connectivity index (χ1v) is 6.90. The van der Waals surface area contributed by atoms with E-state index in [1.165, 1.54) is 6.07 Å². The zero-order chi connectivity index (χ0) is 15.8. The summed E-state index contributed by atoms with van der Waals surface area (Å²) in [6.45, 7) is -0.0526. The average molecular weight is 302 g/mol. The van der Waals surface area contributed by atoms with Crippen LogP contribution in [0, 0.1) is 0 Å². The van der Waals surface area contributed by atoms with E-state index in [4.69, 9.17) is 14.6 Å². The van der Waals surface area contributed by atoms with Crippen LogP contribution >= 0.6 is 0 Å². The van der Waals surface area contributed by atoms with Crippen LogP contribution < -0.4 is 9.47 Å². The van der Waals surface area contributed by atoms with Gasteiger partial charge in [0, 0.05) is 0 Å². The molecule has 116 valence electrons. The first-order valence-electron chi connectivity index (χ1n) is 6.90. The fourth-order valence-corrected chi connectivity index (χ4v) is 1.82. The number of carbonyl (C=O) groups is 1. The number of benzene rings is 2. The smallest absolute Gasteiger partial charge is 0.153 e. The Morgan fingerprint density at radius 1 is 1.09 bits per heavy atom. The van der Waals surface area contributed by atoms with Crippen molar-refractivity contribution < 1.29 is 24.5 Å². The van der Waals surface area contributed by atoms with Gasteiger partial charge in [-0.3, -0.25) is 4.79 Å². The first-order chi connectivity index (χ1) is 10.7. The second-order valence-electron chi connectivity index (χ2n) is 4.74. The number of hydrogen-bond donors (Lipinski definition) is 2. The summed E-state index contributed by atoms with van der Waals surface area (Å²) in [4.78, 5) is 11.2. The molecule has 0 fully saturated rings. The summed E-state index contributed by atoms with van der Waals surface area (Å²) in [5.41, 5.74) is 1.37. The lowest BCUT2D eigenvalue weighted by Crippen LogP contribution is -2.21. The standard InChI is InChI=1S/C17H18O5/c18-9-14-8-16(21-12-15(20)10-19)6-7-17(14)22-11-13-4-2-1-3-5-13/h1-9,15,19-20H,10-12H2/t15-/m0/s1. The molecule has 0 radical (unpaired) electrons. The number of rotatable bonds is 8. The van der Waals surface area contributed by atoms with Crippen LogP contribution in [0.1, 0.15) is 15.9 Å². The lowest BCUT2D eigenvalue weighted by atomic mass is 10.2. The number of aliphatic hydroxyl groups is 2. The van der Waals surface area contributed by atoms with Crippen LogP contribution in [0.4, 0.5) is 0 Å². The molecule has 0 aliphatic rings. The fourth-order valence-electron chi connectivity index (χ4n) is 1.82. The maximum atomic E-state index is 11.2. The number of aliphatic hydroxyl groups excluding tert-OH is 2. The van der Waals surface area contributed by atoms with Gasteiger partial charge in [-0.05, 0) is 23.8 Å².